The van der Waals surface area contributed by atoms with E-state index in [0.29, 0.717) is 22.3 Å². The minimum Gasteiger partial charge on any atom is -0.375 e. The van der Waals surface area contributed by atoms with Gasteiger partial charge in [-0.15, -0.1) is 0 Å². The third-order valence-electron chi connectivity index (χ3n) is 7.14. The maximum Gasteiger partial charge on any atom is 0.534 e. The van der Waals surface area contributed by atoms with E-state index in [9.17, 15) is 21.6 Å². The highest BCUT2D eigenvalue weighted by Gasteiger charge is 2.48. The summed E-state index contributed by atoms with van der Waals surface area (Å²) in [5, 5.41) is 4.59. The number of halogens is 3. The molecule has 0 spiro atoms. The van der Waals surface area contributed by atoms with Crippen LogP contribution in [0.15, 0.2) is 115 Å². The minimum absolute atomic E-state index is 0.198. The summed E-state index contributed by atoms with van der Waals surface area (Å²) >= 11 is 0. The summed E-state index contributed by atoms with van der Waals surface area (Å²) in [4.78, 5) is 5.11. The van der Waals surface area contributed by atoms with Gasteiger partial charge in [-0.05, 0) is 34.4 Å². The first-order valence-corrected chi connectivity index (χ1v) is 14.1. The number of nitrogens with zero attached hydrogens (tertiary/aromatic N) is 2. The average molecular weight is 569 g/mol. The third kappa shape index (κ3) is 3.92. The van der Waals surface area contributed by atoms with Gasteiger partial charge in [0.15, 0.2) is 5.75 Å². The number of imidazole rings is 1. The normalized spacial score (nSPS) is 12.5. The van der Waals surface area contributed by atoms with Crippen LogP contribution >= 0.6 is 0 Å². The van der Waals surface area contributed by atoms with Gasteiger partial charge in [0.25, 0.3) is 0 Å². The number of alkyl halides is 3. The topological polar surface area (TPSA) is 61.2 Å². The van der Waals surface area contributed by atoms with E-state index >= 15 is 0 Å². The summed E-state index contributed by atoms with van der Waals surface area (Å²) in [6.45, 7) is 0. The first-order valence-electron chi connectivity index (χ1n) is 12.6. The Labute approximate surface area is 232 Å². The lowest BCUT2D eigenvalue weighted by Gasteiger charge is -2.16. The summed E-state index contributed by atoms with van der Waals surface area (Å²) < 4.78 is 70.8. The van der Waals surface area contributed by atoms with Crippen molar-refractivity contribution in [2.24, 2.45) is 0 Å². The minimum atomic E-state index is -5.91. The number of aromatic nitrogens is 2. The van der Waals surface area contributed by atoms with Crippen molar-refractivity contribution < 1.29 is 25.8 Å². The fraction of sp³-hybridized carbons (Fsp3) is 0.0312. The maximum absolute atomic E-state index is 13.3. The van der Waals surface area contributed by atoms with Gasteiger partial charge in [0.2, 0.25) is 0 Å². The van der Waals surface area contributed by atoms with Gasteiger partial charge in [-0.25, -0.2) is 4.98 Å². The molecule has 0 aliphatic heterocycles. The van der Waals surface area contributed by atoms with Crippen LogP contribution in [-0.4, -0.2) is 23.5 Å². The van der Waals surface area contributed by atoms with E-state index in [2.05, 4.69) is 0 Å². The molecule has 0 unspecified atom stereocenters. The van der Waals surface area contributed by atoms with Crippen LogP contribution in [0.4, 0.5) is 13.2 Å². The summed E-state index contributed by atoms with van der Waals surface area (Å²) in [5.41, 5.74) is -2.86. The second kappa shape index (κ2) is 9.07. The molecule has 0 atom stereocenters. The third-order valence-corrected chi connectivity index (χ3v) is 8.10. The highest BCUT2D eigenvalue weighted by molar-refractivity contribution is 7.88. The number of fused-ring (bicyclic) bond motifs is 7. The summed E-state index contributed by atoms with van der Waals surface area (Å²) in [6, 6.07) is 34.9. The zero-order valence-corrected chi connectivity index (χ0v) is 21.9. The zero-order valence-electron chi connectivity index (χ0n) is 21.1. The molecule has 0 aliphatic carbocycles. The van der Waals surface area contributed by atoms with Crippen molar-refractivity contribution in [3.63, 3.8) is 0 Å². The summed E-state index contributed by atoms with van der Waals surface area (Å²) in [6.07, 6.45) is 0. The predicted molar refractivity (Wildman–Crippen MR) is 155 cm³/mol. The lowest BCUT2D eigenvalue weighted by atomic mass is 10.00. The molecule has 0 aliphatic rings. The Morgan fingerprint density at radius 1 is 0.659 bits per heavy atom. The van der Waals surface area contributed by atoms with Gasteiger partial charge in [-0.3, -0.25) is 4.57 Å². The molecule has 1 aromatic heterocycles. The standard InChI is InChI=1S/C32H19F3N2O3S/c33-32(34,35)41(38,39)40-27-19-9-11-20-10-8-18-26(28(20)27)31-36-29-24-16-6-4-14-22(24)23-15-5-7-17-25(23)30(29)37(31)21-12-2-1-3-13-21/h1-19H. The first-order chi connectivity index (χ1) is 19.7. The van der Waals surface area contributed by atoms with Gasteiger partial charge in [0.1, 0.15) is 5.82 Å². The Bertz CT molecular complexity index is 2240. The van der Waals surface area contributed by atoms with Crippen LogP contribution < -0.4 is 4.18 Å². The molecule has 41 heavy (non-hydrogen) atoms. The number of hydrogen-bond acceptors (Lipinski definition) is 4. The molecular weight excluding hydrogens is 549 g/mol. The molecule has 0 bridgehead atoms. The number of para-hydroxylation sites is 1. The molecule has 7 rings (SSSR count). The van der Waals surface area contributed by atoms with Gasteiger partial charge < -0.3 is 4.18 Å². The molecule has 9 heteroatoms. The molecular formula is C32H19F3N2O3S. The maximum atomic E-state index is 13.3. The Hall–Kier alpha value is -4.89. The number of benzene rings is 6. The Morgan fingerprint density at radius 2 is 1.24 bits per heavy atom. The van der Waals surface area contributed by atoms with E-state index in [1.807, 2.05) is 83.4 Å². The van der Waals surface area contributed by atoms with Gasteiger partial charge >= 0.3 is 15.6 Å². The largest absolute Gasteiger partial charge is 0.534 e. The molecule has 5 nitrogen and oxygen atoms in total. The molecule has 0 fully saturated rings. The molecule has 202 valence electrons. The first kappa shape index (κ1) is 25.1. The van der Waals surface area contributed by atoms with E-state index in [4.69, 9.17) is 9.17 Å². The van der Waals surface area contributed by atoms with E-state index in [1.165, 1.54) is 12.1 Å². The molecule has 0 saturated heterocycles. The quantitative estimate of drug-likeness (QED) is 0.122. The lowest BCUT2D eigenvalue weighted by Crippen LogP contribution is -2.28. The van der Waals surface area contributed by atoms with Crippen molar-refractivity contribution in [2.75, 3.05) is 0 Å². The van der Waals surface area contributed by atoms with Crippen molar-refractivity contribution in [3.05, 3.63) is 115 Å². The van der Waals surface area contributed by atoms with Gasteiger partial charge in [-0.2, -0.15) is 21.6 Å². The Kier molecular flexibility index (Phi) is 5.55. The van der Waals surface area contributed by atoms with Crippen molar-refractivity contribution in [1.29, 1.82) is 0 Å². The second-order valence-electron chi connectivity index (χ2n) is 9.54. The molecule has 1 heterocycles. The number of hydrogen-bond donors (Lipinski definition) is 0. The number of rotatable bonds is 4. The summed E-state index contributed by atoms with van der Waals surface area (Å²) in [7, 11) is -5.91. The molecule has 7 aromatic rings. The van der Waals surface area contributed by atoms with Crippen molar-refractivity contribution >= 4 is 53.5 Å². The van der Waals surface area contributed by atoms with Crippen LogP contribution in [0.5, 0.6) is 5.75 Å². The SMILES string of the molecule is O=S(=O)(Oc1cccc2cccc(-c3nc4c5ccccc5c5ccccc5c4n3-c3ccccc3)c12)C(F)(F)F. The van der Waals surface area contributed by atoms with Crippen LogP contribution in [0.2, 0.25) is 0 Å². The van der Waals surface area contributed by atoms with Gasteiger partial charge in [0, 0.05) is 27.4 Å². The Morgan fingerprint density at radius 3 is 1.93 bits per heavy atom. The van der Waals surface area contributed by atoms with Crippen molar-refractivity contribution in [2.45, 2.75) is 5.51 Å². The zero-order chi connectivity index (χ0) is 28.4. The van der Waals surface area contributed by atoms with E-state index in [-0.39, 0.29) is 5.39 Å². The predicted octanol–water partition coefficient (Wildman–Crippen LogP) is 8.38. The molecule has 0 radical (unpaired) electrons. The molecule has 0 saturated carbocycles. The van der Waals surface area contributed by atoms with Crippen LogP contribution in [-0.2, 0) is 10.1 Å². The molecule has 0 amide bonds. The molecule has 0 N–H and O–H groups in total. The van der Waals surface area contributed by atoms with E-state index < -0.39 is 21.4 Å². The van der Waals surface area contributed by atoms with Crippen LogP contribution in [0.1, 0.15) is 0 Å². The highest BCUT2D eigenvalue weighted by Crippen LogP contribution is 2.42. The van der Waals surface area contributed by atoms with Gasteiger partial charge in [-0.1, -0.05) is 97.1 Å². The van der Waals surface area contributed by atoms with E-state index in [0.717, 1.165) is 32.7 Å². The molecule has 6 aromatic carbocycles. The average Bonchev–Trinajstić information content (AvgIpc) is 3.38. The Balaban J connectivity index is 1.65. The van der Waals surface area contributed by atoms with Crippen LogP contribution in [0.25, 0.3) is 60.4 Å². The lowest BCUT2D eigenvalue weighted by molar-refractivity contribution is -0.0499. The van der Waals surface area contributed by atoms with Gasteiger partial charge in [0.05, 0.1) is 11.0 Å². The highest BCUT2D eigenvalue weighted by atomic mass is 32.2. The van der Waals surface area contributed by atoms with Crippen molar-refractivity contribution in [3.8, 4) is 22.8 Å². The van der Waals surface area contributed by atoms with E-state index in [1.54, 1.807) is 24.3 Å². The van der Waals surface area contributed by atoms with Crippen LogP contribution in [0, 0.1) is 0 Å². The second-order valence-corrected chi connectivity index (χ2v) is 11.1. The summed E-state index contributed by atoms with van der Waals surface area (Å²) in [5.74, 6) is -0.00410. The smallest absolute Gasteiger partial charge is 0.375 e. The van der Waals surface area contributed by atoms with Crippen molar-refractivity contribution in [1.82, 2.24) is 9.55 Å². The monoisotopic (exact) mass is 568 g/mol. The fourth-order valence-electron chi connectivity index (χ4n) is 5.44. The fourth-order valence-corrected chi connectivity index (χ4v) is 5.91. The van der Waals surface area contributed by atoms with Crippen LogP contribution in [0.3, 0.4) is 0 Å².